The van der Waals surface area contributed by atoms with Crippen molar-refractivity contribution in [3.8, 4) is 0 Å². The molecule has 0 aliphatic carbocycles. The molecule has 0 amide bonds. The first-order chi connectivity index (χ1) is 6.53. The smallest absolute Gasteiger partial charge is 0.104 e. The number of aliphatic hydroxyl groups is 1. The molecule has 1 aromatic carbocycles. The lowest BCUT2D eigenvalue weighted by Crippen LogP contribution is -2.41. The summed E-state index contributed by atoms with van der Waals surface area (Å²) in [5.41, 5.74) is 1.33. The molecular formula is C11H17INO+. The Hall–Kier alpha value is -0.130. The molecular weight excluding hydrogens is 289 g/mol. The lowest BCUT2D eigenvalue weighted by Gasteiger charge is -2.29. The van der Waals surface area contributed by atoms with Gasteiger partial charge in [0.1, 0.15) is 13.1 Å². The standard InChI is InChI=1S/C11H17INO/c1-13(2,6-7-14)9-10-4-3-5-11(12)8-10/h3-5,8,14H,6-7,9H2,1-2H3/q+1. The molecule has 0 heterocycles. The van der Waals surface area contributed by atoms with Crippen LogP contribution in [0, 0.1) is 3.57 Å². The maximum Gasteiger partial charge on any atom is 0.104 e. The van der Waals surface area contributed by atoms with E-state index < -0.39 is 0 Å². The van der Waals surface area contributed by atoms with Crippen molar-refractivity contribution >= 4 is 22.6 Å². The van der Waals surface area contributed by atoms with Gasteiger partial charge in [0.25, 0.3) is 0 Å². The highest BCUT2D eigenvalue weighted by Gasteiger charge is 2.14. The monoisotopic (exact) mass is 306 g/mol. The summed E-state index contributed by atoms with van der Waals surface area (Å²) in [5, 5.41) is 8.92. The molecule has 14 heavy (non-hydrogen) atoms. The van der Waals surface area contributed by atoms with Crippen LogP contribution in [0.15, 0.2) is 24.3 Å². The zero-order chi connectivity index (χ0) is 10.6. The van der Waals surface area contributed by atoms with Gasteiger partial charge in [-0.3, -0.25) is 0 Å². The number of rotatable bonds is 4. The first kappa shape index (κ1) is 11.9. The Balaban J connectivity index is 2.68. The average molecular weight is 306 g/mol. The highest BCUT2D eigenvalue weighted by molar-refractivity contribution is 14.1. The van der Waals surface area contributed by atoms with Crippen LogP contribution in [0.1, 0.15) is 5.56 Å². The number of halogens is 1. The molecule has 0 unspecified atom stereocenters. The molecule has 0 saturated carbocycles. The van der Waals surface area contributed by atoms with E-state index in [1.54, 1.807) is 0 Å². The summed E-state index contributed by atoms with van der Waals surface area (Å²) in [4.78, 5) is 0. The van der Waals surface area contributed by atoms with Crippen LogP contribution in [0.5, 0.6) is 0 Å². The largest absolute Gasteiger partial charge is 0.391 e. The van der Waals surface area contributed by atoms with Crippen molar-refractivity contribution in [2.45, 2.75) is 6.54 Å². The third-order valence-electron chi connectivity index (χ3n) is 2.20. The highest BCUT2D eigenvalue weighted by atomic mass is 127. The fraction of sp³-hybridized carbons (Fsp3) is 0.455. The zero-order valence-electron chi connectivity index (χ0n) is 8.70. The van der Waals surface area contributed by atoms with Gasteiger partial charge in [-0.1, -0.05) is 12.1 Å². The van der Waals surface area contributed by atoms with Crippen LogP contribution in [-0.2, 0) is 6.54 Å². The molecule has 1 N–H and O–H groups in total. The predicted molar refractivity (Wildman–Crippen MR) is 66.9 cm³/mol. The van der Waals surface area contributed by atoms with E-state index in [4.69, 9.17) is 5.11 Å². The number of hydrogen-bond donors (Lipinski definition) is 1. The minimum atomic E-state index is 0.247. The highest BCUT2D eigenvalue weighted by Crippen LogP contribution is 2.12. The number of likely N-dealkylation sites (N-methyl/N-ethyl adjacent to an activating group) is 1. The Labute approximate surface area is 99.3 Å². The molecule has 0 saturated heterocycles. The van der Waals surface area contributed by atoms with Crippen molar-refractivity contribution < 1.29 is 9.59 Å². The quantitative estimate of drug-likeness (QED) is 0.665. The lowest BCUT2D eigenvalue weighted by atomic mass is 10.2. The summed E-state index contributed by atoms with van der Waals surface area (Å²) < 4.78 is 2.10. The van der Waals surface area contributed by atoms with E-state index in [0.29, 0.717) is 0 Å². The molecule has 0 radical (unpaired) electrons. The third kappa shape index (κ3) is 3.94. The van der Waals surface area contributed by atoms with Gasteiger partial charge in [-0.25, -0.2) is 0 Å². The molecule has 0 bridgehead atoms. The van der Waals surface area contributed by atoms with E-state index in [-0.39, 0.29) is 6.61 Å². The molecule has 1 rings (SSSR count). The Morgan fingerprint density at radius 2 is 2.07 bits per heavy atom. The first-order valence-corrected chi connectivity index (χ1v) is 5.79. The van der Waals surface area contributed by atoms with Crippen molar-refractivity contribution in [3.05, 3.63) is 33.4 Å². The van der Waals surface area contributed by atoms with Crippen molar-refractivity contribution in [1.82, 2.24) is 0 Å². The van der Waals surface area contributed by atoms with Crippen molar-refractivity contribution in [2.24, 2.45) is 0 Å². The Morgan fingerprint density at radius 1 is 1.36 bits per heavy atom. The summed E-state index contributed by atoms with van der Waals surface area (Å²) >= 11 is 2.32. The first-order valence-electron chi connectivity index (χ1n) is 4.71. The van der Waals surface area contributed by atoms with Crippen molar-refractivity contribution in [1.29, 1.82) is 0 Å². The van der Waals surface area contributed by atoms with E-state index in [2.05, 4.69) is 61.0 Å². The van der Waals surface area contributed by atoms with Gasteiger partial charge in [-0.05, 0) is 34.7 Å². The number of hydrogen-bond acceptors (Lipinski definition) is 1. The number of benzene rings is 1. The maximum absolute atomic E-state index is 8.92. The second-order valence-electron chi connectivity index (χ2n) is 4.17. The molecule has 0 aromatic heterocycles. The third-order valence-corrected chi connectivity index (χ3v) is 2.88. The zero-order valence-corrected chi connectivity index (χ0v) is 10.9. The molecule has 2 nitrogen and oxygen atoms in total. The van der Waals surface area contributed by atoms with Crippen molar-refractivity contribution in [3.63, 3.8) is 0 Å². The van der Waals surface area contributed by atoms with Gasteiger partial charge in [-0.2, -0.15) is 0 Å². The van der Waals surface area contributed by atoms with Crippen LogP contribution in [0.2, 0.25) is 0 Å². The molecule has 0 aliphatic heterocycles. The molecule has 0 aliphatic rings. The van der Waals surface area contributed by atoms with Crippen LogP contribution >= 0.6 is 22.6 Å². The number of quaternary nitrogens is 1. The van der Waals surface area contributed by atoms with Gasteiger partial charge in [-0.15, -0.1) is 0 Å². The Morgan fingerprint density at radius 3 is 2.64 bits per heavy atom. The van der Waals surface area contributed by atoms with Gasteiger partial charge in [0, 0.05) is 9.13 Å². The van der Waals surface area contributed by atoms with E-state index in [9.17, 15) is 0 Å². The van der Waals surface area contributed by atoms with Gasteiger partial charge in [0.2, 0.25) is 0 Å². The second kappa shape index (κ2) is 5.09. The predicted octanol–water partition coefficient (Wildman–Crippen LogP) is 1.86. The molecule has 0 spiro atoms. The minimum absolute atomic E-state index is 0.247. The van der Waals surface area contributed by atoms with Gasteiger partial charge >= 0.3 is 0 Å². The summed E-state index contributed by atoms with van der Waals surface area (Å²) in [5.74, 6) is 0. The normalized spacial score (nSPS) is 11.7. The van der Waals surface area contributed by atoms with Crippen LogP contribution in [0.3, 0.4) is 0 Å². The summed E-state index contributed by atoms with van der Waals surface area (Å²) in [6, 6.07) is 8.50. The second-order valence-corrected chi connectivity index (χ2v) is 5.42. The summed E-state index contributed by atoms with van der Waals surface area (Å²) in [6.45, 7) is 2.01. The lowest BCUT2D eigenvalue weighted by molar-refractivity contribution is -0.903. The molecule has 0 fully saturated rings. The number of nitrogens with zero attached hydrogens (tertiary/aromatic N) is 1. The minimum Gasteiger partial charge on any atom is -0.391 e. The van der Waals surface area contributed by atoms with E-state index >= 15 is 0 Å². The molecule has 78 valence electrons. The Bertz CT molecular complexity index is 299. The average Bonchev–Trinajstić information content (AvgIpc) is 2.02. The van der Waals surface area contributed by atoms with Crippen molar-refractivity contribution in [2.75, 3.05) is 27.2 Å². The van der Waals surface area contributed by atoms with Crippen LogP contribution in [0.4, 0.5) is 0 Å². The summed E-state index contributed by atoms with van der Waals surface area (Å²) in [7, 11) is 4.27. The fourth-order valence-corrected chi connectivity index (χ4v) is 2.09. The van der Waals surface area contributed by atoms with Gasteiger partial charge in [0.05, 0.1) is 20.7 Å². The number of aliphatic hydroxyl groups excluding tert-OH is 1. The molecule has 3 heteroatoms. The van der Waals surface area contributed by atoms with Crippen LogP contribution in [0.25, 0.3) is 0 Å². The van der Waals surface area contributed by atoms with Gasteiger partial charge < -0.3 is 9.59 Å². The Kier molecular flexibility index (Phi) is 4.34. The van der Waals surface area contributed by atoms with Crippen LogP contribution in [-0.4, -0.2) is 36.8 Å². The van der Waals surface area contributed by atoms with E-state index in [0.717, 1.165) is 17.6 Å². The molecule has 1 aromatic rings. The molecule has 0 atom stereocenters. The SMILES string of the molecule is C[N+](C)(CCO)Cc1cccc(I)c1. The van der Waals surface area contributed by atoms with E-state index in [1.165, 1.54) is 9.13 Å². The van der Waals surface area contributed by atoms with Gasteiger partial charge in [0.15, 0.2) is 0 Å². The fourth-order valence-electron chi connectivity index (χ4n) is 1.48. The van der Waals surface area contributed by atoms with Crippen LogP contribution < -0.4 is 0 Å². The maximum atomic E-state index is 8.92. The van der Waals surface area contributed by atoms with E-state index in [1.807, 2.05) is 0 Å². The topological polar surface area (TPSA) is 20.2 Å². The summed E-state index contributed by atoms with van der Waals surface area (Å²) in [6.07, 6.45) is 0.